The van der Waals surface area contributed by atoms with Gasteiger partial charge in [0.2, 0.25) is 5.91 Å². The van der Waals surface area contributed by atoms with Crippen molar-refractivity contribution in [3.63, 3.8) is 0 Å². The van der Waals surface area contributed by atoms with Crippen LogP contribution in [0, 0.1) is 0 Å². The summed E-state index contributed by atoms with van der Waals surface area (Å²) in [6, 6.07) is -0.0736. The highest BCUT2D eigenvalue weighted by Crippen LogP contribution is 2.29. The van der Waals surface area contributed by atoms with Crippen molar-refractivity contribution in [2.24, 2.45) is 0 Å². The van der Waals surface area contributed by atoms with Gasteiger partial charge in [-0.05, 0) is 34.6 Å². The predicted molar refractivity (Wildman–Crippen MR) is 79.7 cm³/mol. The summed E-state index contributed by atoms with van der Waals surface area (Å²) in [7, 11) is 0. The maximum Gasteiger partial charge on any atom is 0.239 e. The van der Waals surface area contributed by atoms with Crippen LogP contribution < -0.4 is 5.32 Å². The van der Waals surface area contributed by atoms with Crippen molar-refractivity contribution >= 4 is 5.91 Å². The molecule has 1 amide bonds. The SMILES string of the molecule is CC(C(=O)N1CCNCC1)N1CC(C)(C)OC(C)(C)C1. The van der Waals surface area contributed by atoms with E-state index in [0.29, 0.717) is 0 Å². The van der Waals surface area contributed by atoms with Crippen LogP contribution in [-0.4, -0.2) is 72.2 Å². The minimum atomic E-state index is -0.209. The molecule has 0 aromatic carbocycles. The molecule has 2 aliphatic rings. The Morgan fingerprint density at radius 3 is 2.10 bits per heavy atom. The van der Waals surface area contributed by atoms with Crippen molar-refractivity contribution < 1.29 is 9.53 Å². The second kappa shape index (κ2) is 5.62. The molecule has 0 saturated carbocycles. The maximum absolute atomic E-state index is 12.6. The molecule has 116 valence electrons. The third kappa shape index (κ3) is 3.71. The fourth-order valence-electron chi connectivity index (χ4n) is 3.43. The van der Waals surface area contributed by atoms with E-state index in [1.54, 1.807) is 0 Å². The van der Waals surface area contributed by atoms with E-state index in [1.807, 2.05) is 11.8 Å². The van der Waals surface area contributed by atoms with Crippen LogP contribution in [-0.2, 0) is 9.53 Å². The molecule has 1 atom stereocenters. The summed E-state index contributed by atoms with van der Waals surface area (Å²) >= 11 is 0. The highest BCUT2D eigenvalue weighted by Gasteiger charge is 2.41. The number of morpholine rings is 1. The largest absolute Gasteiger partial charge is 0.367 e. The fourth-order valence-corrected chi connectivity index (χ4v) is 3.43. The summed E-state index contributed by atoms with van der Waals surface area (Å²) in [6.07, 6.45) is 0. The molecule has 20 heavy (non-hydrogen) atoms. The van der Waals surface area contributed by atoms with Gasteiger partial charge in [0.15, 0.2) is 0 Å². The van der Waals surface area contributed by atoms with E-state index in [2.05, 4.69) is 37.9 Å². The average Bonchev–Trinajstić information content (AvgIpc) is 2.34. The topological polar surface area (TPSA) is 44.8 Å². The predicted octanol–water partition coefficient (Wildman–Crippen LogP) is 0.696. The zero-order valence-corrected chi connectivity index (χ0v) is 13.5. The molecule has 1 unspecified atom stereocenters. The first-order valence-electron chi connectivity index (χ1n) is 7.64. The standard InChI is InChI=1S/C15H29N3O2/c1-12(13(19)17-8-6-16-7-9-17)18-10-14(2,3)20-15(4,5)11-18/h12,16H,6-11H2,1-5H3. The normalized spacial score (nSPS) is 28.1. The highest BCUT2D eigenvalue weighted by molar-refractivity contribution is 5.81. The molecule has 2 heterocycles. The van der Waals surface area contributed by atoms with Gasteiger partial charge in [-0.2, -0.15) is 0 Å². The van der Waals surface area contributed by atoms with Gasteiger partial charge >= 0.3 is 0 Å². The number of carbonyl (C=O) groups excluding carboxylic acids is 1. The minimum Gasteiger partial charge on any atom is -0.367 e. The fraction of sp³-hybridized carbons (Fsp3) is 0.933. The first-order valence-corrected chi connectivity index (χ1v) is 7.64. The van der Waals surface area contributed by atoms with Crippen LogP contribution in [0.3, 0.4) is 0 Å². The summed E-state index contributed by atoms with van der Waals surface area (Å²) in [4.78, 5) is 16.9. The lowest BCUT2D eigenvalue weighted by Gasteiger charge is -2.49. The number of amides is 1. The van der Waals surface area contributed by atoms with Crippen LogP contribution in [0.1, 0.15) is 34.6 Å². The van der Waals surface area contributed by atoms with Crippen LogP contribution in [0.2, 0.25) is 0 Å². The minimum absolute atomic E-state index is 0.0736. The Morgan fingerprint density at radius 2 is 1.60 bits per heavy atom. The van der Waals surface area contributed by atoms with Crippen molar-refractivity contribution in [1.82, 2.24) is 15.1 Å². The first kappa shape index (κ1) is 15.7. The van der Waals surface area contributed by atoms with Gasteiger partial charge in [0.25, 0.3) is 0 Å². The Morgan fingerprint density at radius 1 is 1.10 bits per heavy atom. The molecule has 0 aromatic rings. The number of nitrogens with zero attached hydrogens (tertiary/aromatic N) is 2. The molecular formula is C15H29N3O2. The zero-order valence-electron chi connectivity index (χ0n) is 13.5. The van der Waals surface area contributed by atoms with Crippen molar-refractivity contribution in [2.45, 2.75) is 51.9 Å². The van der Waals surface area contributed by atoms with Crippen molar-refractivity contribution in [2.75, 3.05) is 39.3 Å². The highest BCUT2D eigenvalue weighted by atomic mass is 16.5. The Kier molecular flexibility index (Phi) is 4.42. The Labute approximate surface area is 122 Å². The smallest absolute Gasteiger partial charge is 0.239 e. The molecular weight excluding hydrogens is 254 g/mol. The van der Waals surface area contributed by atoms with Gasteiger partial charge in [-0.3, -0.25) is 9.69 Å². The number of hydrogen-bond donors (Lipinski definition) is 1. The molecule has 2 saturated heterocycles. The molecule has 0 radical (unpaired) electrons. The van der Waals surface area contributed by atoms with Crippen molar-refractivity contribution in [3.05, 3.63) is 0 Å². The van der Waals surface area contributed by atoms with E-state index in [0.717, 1.165) is 39.3 Å². The van der Waals surface area contributed by atoms with Gasteiger partial charge < -0.3 is 15.0 Å². The molecule has 0 aliphatic carbocycles. The van der Waals surface area contributed by atoms with Gasteiger partial charge in [-0.15, -0.1) is 0 Å². The summed E-state index contributed by atoms with van der Waals surface area (Å²) in [5.74, 6) is 0.250. The van der Waals surface area contributed by atoms with Crippen LogP contribution >= 0.6 is 0 Å². The Hall–Kier alpha value is -0.650. The lowest BCUT2D eigenvalue weighted by atomic mass is 9.97. The monoisotopic (exact) mass is 283 g/mol. The molecule has 2 rings (SSSR count). The number of rotatable bonds is 2. The van der Waals surface area contributed by atoms with Crippen molar-refractivity contribution in [1.29, 1.82) is 0 Å². The number of hydrogen-bond acceptors (Lipinski definition) is 4. The Bertz CT molecular complexity index is 346. The van der Waals surface area contributed by atoms with E-state index in [-0.39, 0.29) is 23.2 Å². The average molecular weight is 283 g/mol. The molecule has 0 bridgehead atoms. The molecule has 2 fully saturated rings. The number of carbonyl (C=O) groups is 1. The molecule has 0 aromatic heterocycles. The Balaban J connectivity index is 2.03. The van der Waals surface area contributed by atoms with E-state index in [4.69, 9.17) is 4.74 Å². The molecule has 0 spiro atoms. The second-order valence-electron chi connectivity index (χ2n) is 7.28. The zero-order chi connectivity index (χ0) is 15.0. The first-order chi connectivity index (χ1) is 9.20. The number of ether oxygens (including phenoxy) is 1. The molecule has 2 aliphatic heterocycles. The van der Waals surface area contributed by atoms with E-state index in [9.17, 15) is 4.79 Å². The summed E-state index contributed by atoms with van der Waals surface area (Å²) < 4.78 is 6.09. The van der Waals surface area contributed by atoms with Gasteiger partial charge in [-0.25, -0.2) is 0 Å². The molecule has 5 nitrogen and oxygen atoms in total. The third-order valence-electron chi connectivity index (χ3n) is 4.05. The van der Waals surface area contributed by atoms with Gasteiger partial charge in [0.05, 0.1) is 17.2 Å². The summed E-state index contributed by atoms with van der Waals surface area (Å²) in [5.41, 5.74) is -0.417. The summed E-state index contributed by atoms with van der Waals surface area (Å²) in [5, 5.41) is 3.29. The van der Waals surface area contributed by atoms with E-state index < -0.39 is 0 Å². The quantitative estimate of drug-likeness (QED) is 0.810. The van der Waals surface area contributed by atoms with Crippen LogP contribution in [0.15, 0.2) is 0 Å². The summed E-state index contributed by atoms with van der Waals surface area (Å²) in [6.45, 7) is 15.5. The molecule has 5 heteroatoms. The lowest BCUT2D eigenvalue weighted by molar-refractivity contribution is -0.189. The van der Waals surface area contributed by atoms with Crippen LogP contribution in [0.5, 0.6) is 0 Å². The second-order valence-corrected chi connectivity index (χ2v) is 7.28. The van der Waals surface area contributed by atoms with Gasteiger partial charge in [-0.1, -0.05) is 0 Å². The number of piperazine rings is 1. The number of nitrogens with one attached hydrogen (secondary N) is 1. The van der Waals surface area contributed by atoms with E-state index >= 15 is 0 Å². The van der Waals surface area contributed by atoms with Crippen molar-refractivity contribution in [3.8, 4) is 0 Å². The van der Waals surface area contributed by atoms with Crippen LogP contribution in [0.4, 0.5) is 0 Å². The van der Waals surface area contributed by atoms with Gasteiger partial charge in [0.1, 0.15) is 0 Å². The maximum atomic E-state index is 12.6. The van der Waals surface area contributed by atoms with Crippen LogP contribution in [0.25, 0.3) is 0 Å². The van der Waals surface area contributed by atoms with E-state index in [1.165, 1.54) is 0 Å². The van der Waals surface area contributed by atoms with Gasteiger partial charge in [0, 0.05) is 39.3 Å². The third-order valence-corrected chi connectivity index (χ3v) is 4.05. The lowest BCUT2D eigenvalue weighted by Crippen LogP contribution is -2.62. The molecule has 1 N–H and O–H groups in total.